The fourth-order valence-electron chi connectivity index (χ4n) is 4.95. The highest BCUT2D eigenvalue weighted by atomic mass is 35.5. The van der Waals surface area contributed by atoms with Crippen molar-refractivity contribution in [3.05, 3.63) is 59.1 Å². The highest BCUT2D eigenvalue weighted by molar-refractivity contribution is 6.33. The van der Waals surface area contributed by atoms with E-state index in [9.17, 15) is 4.79 Å². The average Bonchev–Trinajstić information content (AvgIpc) is 3.45. The second kappa shape index (κ2) is 9.01. The molecule has 1 aliphatic heterocycles. The molecule has 0 spiro atoms. The molecule has 176 valence electrons. The highest BCUT2D eigenvalue weighted by Crippen LogP contribution is 2.47. The lowest BCUT2D eigenvalue weighted by Gasteiger charge is -2.24. The zero-order valence-electron chi connectivity index (χ0n) is 19.0. The van der Waals surface area contributed by atoms with E-state index in [0.29, 0.717) is 17.3 Å². The van der Waals surface area contributed by atoms with Crippen LogP contribution in [-0.2, 0) is 9.47 Å². The number of nitrogens with zero attached hydrogens (tertiary/aromatic N) is 3. The van der Waals surface area contributed by atoms with E-state index < -0.39 is 11.7 Å². The van der Waals surface area contributed by atoms with Crippen LogP contribution in [0.15, 0.2) is 42.9 Å². The molecule has 3 N–H and O–H groups in total. The number of nitrogens with two attached hydrogens (primary N) is 1. The lowest BCUT2D eigenvalue weighted by molar-refractivity contribution is -0.160. The van der Waals surface area contributed by atoms with Gasteiger partial charge in [0.1, 0.15) is 23.2 Å². The number of hydrogen-bond donors (Lipinski definition) is 2. The largest absolute Gasteiger partial charge is 0.366 e. The number of rotatable bonds is 5. The van der Waals surface area contributed by atoms with Crippen molar-refractivity contribution < 1.29 is 14.3 Å². The maximum atomic E-state index is 11.3. The average molecular weight is 480 g/mol. The molecule has 3 aromatic rings. The summed E-state index contributed by atoms with van der Waals surface area (Å²) in [7, 11) is 0. The zero-order valence-corrected chi connectivity index (χ0v) is 19.7. The molecule has 5 rings (SSSR count). The number of aromatic nitrogens is 3. The summed E-state index contributed by atoms with van der Waals surface area (Å²) in [5.74, 6) is 5.33. The topological polar surface area (TPSA) is 104 Å². The Morgan fingerprint density at radius 3 is 2.94 bits per heavy atom. The van der Waals surface area contributed by atoms with Crippen LogP contribution in [-0.4, -0.2) is 51.5 Å². The summed E-state index contributed by atoms with van der Waals surface area (Å²) in [6.45, 7) is 5.15. The molecule has 1 aliphatic carbocycles. The van der Waals surface area contributed by atoms with Gasteiger partial charge in [-0.3, -0.25) is 4.79 Å². The van der Waals surface area contributed by atoms with Crippen molar-refractivity contribution in [2.24, 2.45) is 11.7 Å². The van der Waals surface area contributed by atoms with Gasteiger partial charge in [-0.15, -0.1) is 0 Å². The number of amides is 1. The third-order valence-corrected chi connectivity index (χ3v) is 6.67. The molecule has 0 unspecified atom stereocenters. The van der Waals surface area contributed by atoms with Crippen LogP contribution in [0.1, 0.15) is 42.2 Å². The van der Waals surface area contributed by atoms with Gasteiger partial charge in [-0.1, -0.05) is 29.5 Å². The molecule has 2 fully saturated rings. The summed E-state index contributed by atoms with van der Waals surface area (Å²) in [6.07, 6.45) is 4.23. The first-order valence-corrected chi connectivity index (χ1v) is 11.6. The fourth-order valence-corrected chi connectivity index (χ4v) is 5.14. The standard InChI is InChI=1S/C25H26ClN5O3/c1-25(2)33-20-17(13-28-9-4-6-15-5-3-7-16(11-15)23(27)32)12-19(21(20)34-25)31-10-8-18-22(26)29-14-30-24(18)31/h3,5,7-8,10-11,14,17,19-21,28H,9,12-13H2,1-2H3,(H2,27,32)/t17-,19-,20-,21+/m1/s1. The lowest BCUT2D eigenvalue weighted by atomic mass is 10.1. The zero-order chi connectivity index (χ0) is 23.9. The van der Waals surface area contributed by atoms with Crippen LogP contribution in [0, 0.1) is 17.8 Å². The van der Waals surface area contributed by atoms with Crippen molar-refractivity contribution in [2.75, 3.05) is 13.1 Å². The van der Waals surface area contributed by atoms with Crippen molar-refractivity contribution in [3.63, 3.8) is 0 Å². The molecule has 1 saturated carbocycles. The van der Waals surface area contributed by atoms with E-state index >= 15 is 0 Å². The number of fused-ring (bicyclic) bond motifs is 2. The molecule has 1 amide bonds. The number of halogens is 1. The molecule has 0 bridgehead atoms. The summed E-state index contributed by atoms with van der Waals surface area (Å²) in [6, 6.07) is 9.03. The van der Waals surface area contributed by atoms with E-state index in [4.69, 9.17) is 26.8 Å². The fraction of sp³-hybridized carbons (Fsp3) is 0.400. The molecule has 2 aliphatic rings. The monoisotopic (exact) mass is 479 g/mol. The SMILES string of the molecule is CC1(C)O[C@@H]2[C@@H](CNCC#Cc3cccc(C(N)=O)c3)C[C@@H](n3ccc4c(Cl)ncnc43)[C@@H]2O1. The Morgan fingerprint density at radius 2 is 2.12 bits per heavy atom. The third-order valence-electron chi connectivity index (χ3n) is 6.37. The number of carbonyl (C=O) groups excluding carboxylic acids is 1. The van der Waals surface area contributed by atoms with E-state index in [0.717, 1.165) is 29.6 Å². The molecule has 8 nitrogen and oxygen atoms in total. The van der Waals surface area contributed by atoms with E-state index in [1.807, 2.05) is 32.2 Å². The minimum Gasteiger partial charge on any atom is -0.366 e. The van der Waals surface area contributed by atoms with Gasteiger partial charge in [0.05, 0.1) is 24.1 Å². The number of primary amides is 1. The maximum Gasteiger partial charge on any atom is 0.248 e. The molecule has 4 atom stereocenters. The van der Waals surface area contributed by atoms with Crippen LogP contribution in [0.4, 0.5) is 0 Å². The number of benzene rings is 1. The summed E-state index contributed by atoms with van der Waals surface area (Å²) in [4.78, 5) is 19.9. The molecular formula is C25H26ClN5O3. The van der Waals surface area contributed by atoms with Gasteiger partial charge in [0.2, 0.25) is 5.91 Å². The van der Waals surface area contributed by atoms with E-state index in [2.05, 4.69) is 31.7 Å². The van der Waals surface area contributed by atoms with E-state index in [-0.39, 0.29) is 24.2 Å². The van der Waals surface area contributed by atoms with Crippen LogP contribution >= 0.6 is 11.6 Å². The van der Waals surface area contributed by atoms with Crippen molar-refractivity contribution in [3.8, 4) is 11.8 Å². The van der Waals surface area contributed by atoms with E-state index in [1.54, 1.807) is 18.2 Å². The summed E-state index contributed by atoms with van der Waals surface area (Å²) in [5, 5.41) is 4.70. The molecule has 0 radical (unpaired) electrons. The van der Waals surface area contributed by atoms with Gasteiger partial charge >= 0.3 is 0 Å². The van der Waals surface area contributed by atoms with Gasteiger partial charge < -0.3 is 25.1 Å². The van der Waals surface area contributed by atoms with Gasteiger partial charge in [-0.05, 0) is 44.5 Å². The third kappa shape index (κ3) is 4.40. The van der Waals surface area contributed by atoms with Crippen LogP contribution in [0.3, 0.4) is 0 Å². The van der Waals surface area contributed by atoms with Crippen LogP contribution in [0.25, 0.3) is 11.0 Å². The van der Waals surface area contributed by atoms with E-state index in [1.165, 1.54) is 6.33 Å². The predicted octanol–water partition coefficient (Wildman–Crippen LogP) is 2.91. The normalized spacial score (nSPS) is 25.1. The second-order valence-corrected chi connectivity index (χ2v) is 9.49. The molecule has 1 aromatic carbocycles. The summed E-state index contributed by atoms with van der Waals surface area (Å²) in [5.41, 5.74) is 7.35. The Kier molecular flexibility index (Phi) is 6.04. The van der Waals surface area contributed by atoms with Crippen LogP contribution < -0.4 is 11.1 Å². The van der Waals surface area contributed by atoms with Crippen LogP contribution in [0.5, 0.6) is 0 Å². The first-order valence-electron chi connectivity index (χ1n) is 11.2. The van der Waals surface area contributed by atoms with Crippen molar-refractivity contribution in [2.45, 2.75) is 44.3 Å². The first kappa shape index (κ1) is 22.8. The first-order chi connectivity index (χ1) is 16.3. The summed E-state index contributed by atoms with van der Waals surface area (Å²) < 4.78 is 14.8. The Bertz CT molecular complexity index is 1290. The van der Waals surface area contributed by atoms with Gasteiger partial charge in [-0.25, -0.2) is 9.97 Å². The highest BCUT2D eigenvalue weighted by Gasteiger charge is 2.54. The van der Waals surface area contributed by atoms with Crippen LogP contribution in [0.2, 0.25) is 5.15 Å². The Labute approximate surface area is 202 Å². The van der Waals surface area contributed by atoms with Gasteiger partial charge in [-0.2, -0.15) is 0 Å². The van der Waals surface area contributed by atoms with Crippen molar-refractivity contribution >= 4 is 28.5 Å². The molecule has 1 saturated heterocycles. The molecule has 3 heterocycles. The number of carbonyl (C=O) groups is 1. The molecule has 2 aromatic heterocycles. The number of ether oxygens (including phenoxy) is 2. The van der Waals surface area contributed by atoms with Crippen molar-refractivity contribution in [1.29, 1.82) is 0 Å². The Hall–Kier alpha value is -2.96. The van der Waals surface area contributed by atoms with Gasteiger partial charge in [0.15, 0.2) is 5.79 Å². The minimum absolute atomic E-state index is 0.0394. The Morgan fingerprint density at radius 1 is 1.29 bits per heavy atom. The lowest BCUT2D eigenvalue weighted by Crippen LogP contribution is -2.32. The second-order valence-electron chi connectivity index (χ2n) is 9.13. The maximum absolute atomic E-state index is 11.3. The molecule has 9 heteroatoms. The quantitative estimate of drug-likeness (QED) is 0.331. The summed E-state index contributed by atoms with van der Waals surface area (Å²) >= 11 is 6.26. The van der Waals surface area contributed by atoms with Gasteiger partial charge in [0.25, 0.3) is 0 Å². The van der Waals surface area contributed by atoms with Gasteiger partial charge in [0, 0.05) is 29.8 Å². The number of nitrogens with one attached hydrogen (secondary N) is 1. The predicted molar refractivity (Wildman–Crippen MR) is 128 cm³/mol. The molecular weight excluding hydrogens is 454 g/mol. The smallest absolute Gasteiger partial charge is 0.248 e. The number of hydrogen-bond acceptors (Lipinski definition) is 6. The Balaban J connectivity index is 1.28. The minimum atomic E-state index is -0.646. The molecule has 34 heavy (non-hydrogen) atoms. The van der Waals surface area contributed by atoms with Crippen molar-refractivity contribution in [1.82, 2.24) is 19.9 Å².